The van der Waals surface area contributed by atoms with Crippen LogP contribution in [0.2, 0.25) is 0 Å². The predicted molar refractivity (Wildman–Crippen MR) is 109 cm³/mol. The number of hydrogen-bond donors (Lipinski definition) is 1. The molecule has 1 N–H and O–H groups in total. The highest BCUT2D eigenvalue weighted by Crippen LogP contribution is 2.11. The monoisotopic (exact) mass is 395 g/mol. The molecule has 0 atom stereocenters. The van der Waals surface area contributed by atoms with Crippen LogP contribution in [0, 0.1) is 5.82 Å². The van der Waals surface area contributed by atoms with Gasteiger partial charge in [-0.2, -0.15) is 9.78 Å². The smallest absolute Gasteiger partial charge is 0.272 e. The van der Waals surface area contributed by atoms with Gasteiger partial charge in [0.2, 0.25) is 0 Å². The van der Waals surface area contributed by atoms with Crippen LogP contribution in [0.5, 0.6) is 0 Å². The molecular weight excluding hydrogens is 373 g/mol. The fourth-order valence-electron chi connectivity index (χ4n) is 2.83. The molecule has 3 aromatic rings. The third-order valence-electron chi connectivity index (χ3n) is 4.45. The molecule has 3 rings (SSSR count). The van der Waals surface area contributed by atoms with E-state index in [2.05, 4.69) is 34.1 Å². The van der Waals surface area contributed by atoms with E-state index in [4.69, 9.17) is 0 Å². The van der Waals surface area contributed by atoms with Crippen molar-refractivity contribution in [1.82, 2.24) is 20.1 Å². The van der Waals surface area contributed by atoms with Gasteiger partial charge in [0.15, 0.2) is 0 Å². The predicted octanol–water partition coefficient (Wildman–Crippen LogP) is 2.54. The van der Waals surface area contributed by atoms with Gasteiger partial charge in [-0.3, -0.25) is 9.59 Å². The first-order valence-electron chi connectivity index (χ1n) is 9.36. The van der Waals surface area contributed by atoms with Gasteiger partial charge in [-0.15, -0.1) is 0 Å². The summed E-state index contributed by atoms with van der Waals surface area (Å²) in [6.07, 6.45) is 1.72. The summed E-state index contributed by atoms with van der Waals surface area (Å²) in [6.45, 7) is 6.15. The molecule has 0 saturated carbocycles. The van der Waals surface area contributed by atoms with Gasteiger partial charge < -0.3 is 10.2 Å². The number of benzene rings is 1. The minimum atomic E-state index is -0.423. The molecule has 2 aromatic heterocycles. The van der Waals surface area contributed by atoms with E-state index in [1.165, 1.54) is 36.4 Å². The topological polar surface area (TPSA) is 80.1 Å². The quantitative estimate of drug-likeness (QED) is 0.665. The van der Waals surface area contributed by atoms with Gasteiger partial charge in [0.1, 0.15) is 17.3 Å². The van der Waals surface area contributed by atoms with Crippen molar-refractivity contribution in [3.8, 4) is 5.69 Å². The van der Waals surface area contributed by atoms with E-state index in [9.17, 15) is 14.0 Å². The maximum Gasteiger partial charge on any atom is 0.272 e. The summed E-state index contributed by atoms with van der Waals surface area (Å²) < 4.78 is 14.2. The van der Waals surface area contributed by atoms with Crippen LogP contribution >= 0.6 is 0 Å². The van der Waals surface area contributed by atoms with Crippen molar-refractivity contribution < 1.29 is 9.18 Å². The summed E-state index contributed by atoms with van der Waals surface area (Å²) in [6, 6.07) is 11.7. The number of nitrogens with one attached hydrogen (secondary N) is 1. The van der Waals surface area contributed by atoms with Crippen molar-refractivity contribution in [2.75, 3.05) is 18.0 Å². The van der Waals surface area contributed by atoms with E-state index < -0.39 is 17.3 Å². The summed E-state index contributed by atoms with van der Waals surface area (Å²) in [7, 11) is 0. The molecule has 1 amide bonds. The molecule has 1 aromatic carbocycles. The van der Waals surface area contributed by atoms with Crippen LogP contribution in [-0.2, 0) is 6.54 Å². The Hall–Kier alpha value is -3.55. The highest BCUT2D eigenvalue weighted by atomic mass is 19.1. The minimum Gasteiger partial charge on any atom is -0.357 e. The molecule has 0 bridgehead atoms. The molecule has 0 spiro atoms. The minimum absolute atomic E-state index is 0.0849. The van der Waals surface area contributed by atoms with Crippen LogP contribution < -0.4 is 15.8 Å². The van der Waals surface area contributed by atoms with Crippen molar-refractivity contribution >= 4 is 11.7 Å². The average molecular weight is 395 g/mol. The second kappa shape index (κ2) is 9.09. The summed E-state index contributed by atoms with van der Waals surface area (Å²) in [5.74, 6) is 0.0446. The molecule has 150 valence electrons. The van der Waals surface area contributed by atoms with E-state index >= 15 is 0 Å². The number of carbonyl (C=O) groups excluding carboxylic acids is 1. The molecule has 0 radical (unpaired) electrons. The number of hydrogen-bond acceptors (Lipinski definition) is 5. The van der Waals surface area contributed by atoms with Gasteiger partial charge in [0.25, 0.3) is 11.5 Å². The Morgan fingerprint density at radius 3 is 2.41 bits per heavy atom. The SMILES string of the molecule is CCN(CC)c1ccc(CNC(=O)c2ccc(=O)n(-c3ccc(F)cc3)n2)cn1. The molecular formula is C21H22FN5O2. The fraction of sp³-hybridized carbons (Fsp3) is 0.238. The molecule has 29 heavy (non-hydrogen) atoms. The molecule has 2 heterocycles. The lowest BCUT2D eigenvalue weighted by molar-refractivity contribution is 0.0944. The standard InChI is InChI=1S/C21H22FN5O2/c1-3-26(4-2)19-11-5-15(13-23-19)14-24-21(29)18-10-12-20(28)27(25-18)17-8-6-16(22)7-9-17/h5-13H,3-4,14H2,1-2H3,(H,24,29). The van der Waals surface area contributed by atoms with Gasteiger partial charge in [-0.25, -0.2) is 9.37 Å². The van der Waals surface area contributed by atoms with Crippen LogP contribution in [0.3, 0.4) is 0 Å². The number of anilines is 1. The molecule has 7 nitrogen and oxygen atoms in total. The number of aromatic nitrogens is 3. The van der Waals surface area contributed by atoms with E-state index in [0.29, 0.717) is 5.69 Å². The number of pyridine rings is 1. The van der Waals surface area contributed by atoms with Crippen molar-refractivity contribution in [3.05, 3.63) is 82.2 Å². The zero-order valence-electron chi connectivity index (χ0n) is 16.3. The highest BCUT2D eigenvalue weighted by Gasteiger charge is 2.11. The molecule has 0 fully saturated rings. The van der Waals surface area contributed by atoms with E-state index in [0.717, 1.165) is 29.2 Å². The number of rotatable bonds is 7. The Kier molecular flexibility index (Phi) is 6.33. The lowest BCUT2D eigenvalue weighted by atomic mass is 10.2. The molecule has 0 aliphatic heterocycles. The Morgan fingerprint density at radius 1 is 1.07 bits per heavy atom. The number of nitrogens with zero attached hydrogens (tertiary/aromatic N) is 4. The molecule has 0 aliphatic rings. The maximum atomic E-state index is 13.1. The zero-order valence-corrected chi connectivity index (χ0v) is 16.3. The summed E-state index contributed by atoms with van der Waals surface area (Å²) in [5, 5.41) is 6.86. The van der Waals surface area contributed by atoms with Crippen LogP contribution in [-0.4, -0.2) is 33.8 Å². The van der Waals surface area contributed by atoms with E-state index in [1.54, 1.807) is 6.20 Å². The van der Waals surface area contributed by atoms with Crippen LogP contribution in [0.25, 0.3) is 5.69 Å². The van der Waals surface area contributed by atoms with Gasteiger partial charge in [0, 0.05) is 31.9 Å². The van der Waals surface area contributed by atoms with Crippen molar-refractivity contribution in [2.24, 2.45) is 0 Å². The Morgan fingerprint density at radius 2 is 1.79 bits per heavy atom. The third-order valence-corrected chi connectivity index (χ3v) is 4.45. The molecule has 0 aliphatic carbocycles. The first kappa shape index (κ1) is 20.2. The van der Waals surface area contributed by atoms with Crippen LogP contribution in [0.1, 0.15) is 29.9 Å². The van der Waals surface area contributed by atoms with Crippen molar-refractivity contribution in [3.63, 3.8) is 0 Å². The lowest BCUT2D eigenvalue weighted by Gasteiger charge is -2.19. The Labute approximate surface area is 167 Å². The summed E-state index contributed by atoms with van der Waals surface area (Å²) >= 11 is 0. The van der Waals surface area contributed by atoms with Gasteiger partial charge in [-0.1, -0.05) is 6.07 Å². The molecule has 0 unspecified atom stereocenters. The van der Waals surface area contributed by atoms with Crippen molar-refractivity contribution in [1.29, 1.82) is 0 Å². The second-order valence-corrected chi connectivity index (χ2v) is 6.32. The normalized spacial score (nSPS) is 10.6. The van der Waals surface area contributed by atoms with Crippen LogP contribution in [0.15, 0.2) is 59.5 Å². The Bertz CT molecular complexity index is 1030. The van der Waals surface area contributed by atoms with E-state index in [1.807, 2.05) is 12.1 Å². The summed E-state index contributed by atoms with van der Waals surface area (Å²) in [4.78, 5) is 31.1. The third kappa shape index (κ3) is 4.84. The first-order valence-corrected chi connectivity index (χ1v) is 9.36. The second-order valence-electron chi connectivity index (χ2n) is 6.32. The molecule has 0 saturated heterocycles. The summed E-state index contributed by atoms with van der Waals surface area (Å²) in [5.41, 5.74) is 0.898. The first-order chi connectivity index (χ1) is 14.0. The maximum absolute atomic E-state index is 13.1. The number of halogens is 1. The van der Waals surface area contributed by atoms with Gasteiger partial charge in [-0.05, 0) is 55.8 Å². The lowest BCUT2D eigenvalue weighted by Crippen LogP contribution is -2.28. The van der Waals surface area contributed by atoms with E-state index in [-0.39, 0.29) is 12.2 Å². The molecule has 8 heteroatoms. The highest BCUT2D eigenvalue weighted by molar-refractivity contribution is 5.92. The largest absolute Gasteiger partial charge is 0.357 e. The average Bonchev–Trinajstić information content (AvgIpc) is 2.75. The van der Waals surface area contributed by atoms with Crippen LogP contribution in [0.4, 0.5) is 10.2 Å². The zero-order chi connectivity index (χ0) is 20.8. The van der Waals surface area contributed by atoms with Gasteiger partial charge >= 0.3 is 0 Å². The fourth-order valence-corrected chi connectivity index (χ4v) is 2.83. The number of amides is 1. The number of carbonyl (C=O) groups is 1. The Balaban J connectivity index is 1.70. The van der Waals surface area contributed by atoms with Gasteiger partial charge in [0.05, 0.1) is 5.69 Å². The van der Waals surface area contributed by atoms with Crippen molar-refractivity contribution in [2.45, 2.75) is 20.4 Å².